The van der Waals surface area contributed by atoms with Gasteiger partial charge in [-0.05, 0) is 62.8 Å². The van der Waals surface area contributed by atoms with Crippen molar-refractivity contribution < 1.29 is 9.90 Å². The summed E-state index contributed by atoms with van der Waals surface area (Å²) in [7, 11) is 0. The van der Waals surface area contributed by atoms with Gasteiger partial charge in [-0.2, -0.15) is 0 Å². The summed E-state index contributed by atoms with van der Waals surface area (Å²) in [5, 5.41) is 10.6. The molecule has 0 atom stereocenters. The number of piperidine rings is 1. The molecule has 4 heteroatoms. The molecule has 1 amide bonds. The van der Waals surface area contributed by atoms with Gasteiger partial charge in [-0.1, -0.05) is 23.7 Å². The molecule has 1 fully saturated rings. The van der Waals surface area contributed by atoms with Gasteiger partial charge in [-0.25, -0.2) is 0 Å². The topological polar surface area (TPSA) is 40.5 Å². The lowest BCUT2D eigenvalue weighted by molar-refractivity contribution is -0.127. The Morgan fingerprint density at radius 2 is 1.91 bits per heavy atom. The number of rotatable bonds is 4. The van der Waals surface area contributed by atoms with Crippen LogP contribution in [0.1, 0.15) is 38.7 Å². The Morgan fingerprint density at radius 3 is 2.45 bits per heavy atom. The molecule has 3 nitrogen and oxygen atoms in total. The lowest BCUT2D eigenvalue weighted by atomic mass is 9.86. The van der Waals surface area contributed by atoms with Crippen molar-refractivity contribution in [3.63, 3.8) is 0 Å². The zero-order chi connectivity index (χ0) is 16.2. The predicted molar refractivity (Wildman–Crippen MR) is 90.7 cm³/mol. The van der Waals surface area contributed by atoms with Gasteiger partial charge >= 0.3 is 0 Å². The van der Waals surface area contributed by atoms with Crippen LogP contribution in [0.15, 0.2) is 30.3 Å². The van der Waals surface area contributed by atoms with Crippen LogP contribution in [0.5, 0.6) is 0 Å². The number of hydrogen-bond acceptors (Lipinski definition) is 2. The van der Waals surface area contributed by atoms with Gasteiger partial charge in [0, 0.05) is 24.2 Å². The SMILES string of the molecule is CC(C)(O)CC1CCN(C(=O)/C=C/c2ccc(Cl)cc2)CC1. The number of hydrogen-bond donors (Lipinski definition) is 1. The number of nitrogens with zero attached hydrogens (tertiary/aromatic N) is 1. The molecular formula is C18H24ClNO2. The van der Waals surface area contributed by atoms with Crippen molar-refractivity contribution in [2.75, 3.05) is 13.1 Å². The maximum Gasteiger partial charge on any atom is 0.246 e. The van der Waals surface area contributed by atoms with E-state index in [1.54, 1.807) is 6.08 Å². The molecule has 2 rings (SSSR count). The fourth-order valence-corrected chi connectivity index (χ4v) is 3.04. The number of likely N-dealkylation sites (tertiary alicyclic amines) is 1. The van der Waals surface area contributed by atoms with Crippen LogP contribution < -0.4 is 0 Å². The van der Waals surface area contributed by atoms with Gasteiger partial charge in [0.05, 0.1) is 5.60 Å². The molecule has 0 aliphatic carbocycles. The zero-order valence-corrected chi connectivity index (χ0v) is 14.0. The molecule has 1 aliphatic heterocycles. The summed E-state index contributed by atoms with van der Waals surface area (Å²) in [5.74, 6) is 0.556. The Labute approximate surface area is 137 Å². The third kappa shape index (κ3) is 5.47. The summed E-state index contributed by atoms with van der Waals surface area (Å²) in [6.07, 6.45) is 6.17. The monoisotopic (exact) mass is 321 g/mol. The molecule has 1 heterocycles. The van der Waals surface area contributed by atoms with Crippen molar-refractivity contribution >= 4 is 23.6 Å². The molecule has 1 N–H and O–H groups in total. The summed E-state index contributed by atoms with van der Waals surface area (Å²) >= 11 is 5.84. The van der Waals surface area contributed by atoms with E-state index in [1.165, 1.54) is 0 Å². The average molecular weight is 322 g/mol. The quantitative estimate of drug-likeness (QED) is 0.858. The normalized spacial score (nSPS) is 17.2. The Bertz CT molecular complexity index is 523. The highest BCUT2D eigenvalue weighted by molar-refractivity contribution is 6.30. The van der Waals surface area contributed by atoms with E-state index >= 15 is 0 Å². The Morgan fingerprint density at radius 1 is 1.32 bits per heavy atom. The van der Waals surface area contributed by atoms with E-state index in [9.17, 15) is 9.90 Å². The molecule has 22 heavy (non-hydrogen) atoms. The van der Waals surface area contributed by atoms with E-state index < -0.39 is 5.60 Å². The summed E-state index contributed by atoms with van der Waals surface area (Å²) in [5.41, 5.74) is 0.348. The molecule has 1 aliphatic rings. The van der Waals surface area contributed by atoms with Crippen LogP contribution >= 0.6 is 11.6 Å². The molecule has 120 valence electrons. The lowest BCUT2D eigenvalue weighted by Crippen LogP contribution is -2.39. The maximum atomic E-state index is 12.2. The highest BCUT2D eigenvalue weighted by Crippen LogP contribution is 2.26. The van der Waals surface area contributed by atoms with E-state index in [2.05, 4.69) is 0 Å². The van der Waals surface area contributed by atoms with Gasteiger partial charge in [0.2, 0.25) is 5.91 Å². The van der Waals surface area contributed by atoms with Crippen molar-refractivity contribution in [3.8, 4) is 0 Å². The molecule has 0 aromatic heterocycles. The van der Waals surface area contributed by atoms with Crippen molar-refractivity contribution in [3.05, 3.63) is 40.9 Å². The number of amides is 1. The highest BCUT2D eigenvalue weighted by Gasteiger charge is 2.26. The highest BCUT2D eigenvalue weighted by atomic mass is 35.5. The second-order valence-electron chi connectivity index (χ2n) is 6.67. The van der Waals surface area contributed by atoms with Crippen LogP contribution in [0.4, 0.5) is 0 Å². The van der Waals surface area contributed by atoms with Gasteiger partial charge in [-0.15, -0.1) is 0 Å². The van der Waals surface area contributed by atoms with Crippen LogP contribution in [0.3, 0.4) is 0 Å². The van der Waals surface area contributed by atoms with Crippen LogP contribution in [0.25, 0.3) is 6.08 Å². The minimum atomic E-state index is -0.620. The Kier molecular flexibility index (Phi) is 5.65. The first kappa shape index (κ1) is 17.0. The third-order valence-electron chi connectivity index (χ3n) is 4.00. The van der Waals surface area contributed by atoms with E-state index in [0.717, 1.165) is 37.9 Å². The standard InChI is InChI=1S/C18H24ClNO2/c1-18(2,22)13-15-9-11-20(12-10-15)17(21)8-5-14-3-6-16(19)7-4-14/h3-8,15,22H,9-13H2,1-2H3/b8-5+. The summed E-state index contributed by atoms with van der Waals surface area (Å²) in [6.45, 7) is 5.23. The van der Waals surface area contributed by atoms with Crippen LogP contribution in [0.2, 0.25) is 5.02 Å². The minimum Gasteiger partial charge on any atom is -0.390 e. The van der Waals surface area contributed by atoms with E-state index in [0.29, 0.717) is 10.9 Å². The lowest BCUT2D eigenvalue weighted by Gasteiger charge is -2.34. The second kappa shape index (κ2) is 7.30. The number of carbonyl (C=O) groups excluding carboxylic acids is 1. The van der Waals surface area contributed by atoms with Gasteiger partial charge in [0.25, 0.3) is 0 Å². The first-order valence-corrected chi connectivity index (χ1v) is 8.16. The second-order valence-corrected chi connectivity index (χ2v) is 7.11. The van der Waals surface area contributed by atoms with Gasteiger partial charge in [0.15, 0.2) is 0 Å². The average Bonchev–Trinajstić information content (AvgIpc) is 2.45. The summed E-state index contributed by atoms with van der Waals surface area (Å²) in [4.78, 5) is 14.1. The number of benzene rings is 1. The van der Waals surface area contributed by atoms with E-state index in [-0.39, 0.29) is 5.91 Å². The first-order valence-electron chi connectivity index (χ1n) is 7.78. The smallest absolute Gasteiger partial charge is 0.246 e. The Balaban J connectivity index is 1.83. The van der Waals surface area contributed by atoms with Gasteiger partial charge in [-0.3, -0.25) is 4.79 Å². The third-order valence-corrected chi connectivity index (χ3v) is 4.25. The van der Waals surface area contributed by atoms with Gasteiger partial charge < -0.3 is 10.0 Å². The number of halogens is 1. The molecule has 0 unspecified atom stereocenters. The maximum absolute atomic E-state index is 12.2. The molecule has 1 aromatic carbocycles. The first-order chi connectivity index (χ1) is 10.3. The van der Waals surface area contributed by atoms with Crippen molar-refractivity contribution in [1.29, 1.82) is 0 Å². The van der Waals surface area contributed by atoms with Crippen molar-refractivity contribution in [2.45, 2.75) is 38.7 Å². The van der Waals surface area contributed by atoms with Crippen LogP contribution in [0, 0.1) is 5.92 Å². The fourth-order valence-electron chi connectivity index (χ4n) is 2.91. The van der Waals surface area contributed by atoms with Crippen LogP contribution in [-0.4, -0.2) is 34.6 Å². The van der Waals surface area contributed by atoms with Crippen LogP contribution in [-0.2, 0) is 4.79 Å². The molecule has 0 radical (unpaired) electrons. The number of aliphatic hydroxyl groups is 1. The largest absolute Gasteiger partial charge is 0.390 e. The molecule has 0 spiro atoms. The number of carbonyl (C=O) groups is 1. The zero-order valence-electron chi connectivity index (χ0n) is 13.3. The van der Waals surface area contributed by atoms with E-state index in [1.807, 2.05) is 49.1 Å². The van der Waals surface area contributed by atoms with Crippen molar-refractivity contribution in [2.24, 2.45) is 5.92 Å². The minimum absolute atomic E-state index is 0.0525. The fraction of sp³-hybridized carbons (Fsp3) is 0.500. The summed E-state index contributed by atoms with van der Waals surface area (Å²) in [6, 6.07) is 7.41. The molecule has 1 aromatic rings. The van der Waals surface area contributed by atoms with E-state index in [4.69, 9.17) is 11.6 Å². The molecular weight excluding hydrogens is 298 g/mol. The molecule has 0 bridgehead atoms. The Hall–Kier alpha value is -1.32. The predicted octanol–water partition coefficient (Wildman–Crippen LogP) is 3.75. The molecule has 0 saturated carbocycles. The van der Waals surface area contributed by atoms with Crippen molar-refractivity contribution in [1.82, 2.24) is 4.90 Å². The van der Waals surface area contributed by atoms with Gasteiger partial charge in [0.1, 0.15) is 0 Å². The summed E-state index contributed by atoms with van der Waals surface area (Å²) < 4.78 is 0. The molecule has 1 saturated heterocycles.